The molecule has 4 N–H and O–H groups in total. The second-order valence-electron chi connectivity index (χ2n) is 8.26. The van der Waals surface area contributed by atoms with Gasteiger partial charge in [0, 0.05) is 12.6 Å². The van der Waals surface area contributed by atoms with Crippen LogP contribution < -0.4 is 20.1 Å². The number of ether oxygens (including phenoxy) is 2. The average Bonchev–Trinajstić information content (AvgIpc) is 2.69. The molecule has 0 radical (unpaired) electrons. The smallest absolute Gasteiger partial charge is 0.408 e. The van der Waals surface area contributed by atoms with Crippen LogP contribution in [0.5, 0.6) is 5.75 Å². The van der Waals surface area contributed by atoms with Crippen molar-refractivity contribution in [1.29, 1.82) is 0 Å². The molecule has 32 heavy (non-hydrogen) atoms. The van der Waals surface area contributed by atoms with E-state index < -0.39 is 33.7 Å². The number of aliphatic imine (C=N–C) groups is 1. The van der Waals surface area contributed by atoms with Gasteiger partial charge in [-0.1, -0.05) is 0 Å². The number of sulfonamides is 1. The molecule has 1 aromatic rings. The molecule has 178 valence electrons. The number of aliphatic carboxylic acids is 1. The van der Waals surface area contributed by atoms with Crippen LogP contribution in [0.1, 0.15) is 40.0 Å². The molecule has 1 aliphatic rings. The first-order valence-electron chi connectivity index (χ1n) is 10.1. The monoisotopic (exact) mass is 470 g/mol. The summed E-state index contributed by atoms with van der Waals surface area (Å²) in [4.78, 5) is 27.6. The lowest BCUT2D eigenvalue weighted by atomic mass is 10.0. The number of alkyl carbamates (subject to hydrolysis) is 1. The standard InChI is InChI=1S/C20H30N4O7S/c1-20(2,3)31-19(27)23-16(17(25)26)10-5-13-11-12-21-18(22-13)24-32(28,29)15-8-6-14(30-4)7-9-15/h6-9,13,16H,5,10-12H2,1-4H3,(H,23,27)(H,25,26)(H2,21,22,24)/t13?,16-/m0/s1. The minimum absolute atomic E-state index is 0.0532. The van der Waals surface area contributed by atoms with E-state index in [4.69, 9.17) is 9.47 Å². The second-order valence-corrected chi connectivity index (χ2v) is 9.94. The zero-order valence-electron chi connectivity index (χ0n) is 18.5. The summed E-state index contributed by atoms with van der Waals surface area (Å²) in [7, 11) is -2.37. The predicted molar refractivity (Wildman–Crippen MR) is 117 cm³/mol. The SMILES string of the molecule is COc1ccc(S(=O)(=O)NC2=NCCC(CC[C@H](NC(=O)OC(C)(C)C)C(=O)O)N2)cc1. The number of benzene rings is 1. The zero-order chi connectivity index (χ0) is 23.9. The van der Waals surface area contributed by atoms with Crippen LogP contribution in [0, 0.1) is 0 Å². The van der Waals surface area contributed by atoms with E-state index in [0.717, 1.165) is 0 Å². The lowest BCUT2D eigenvalue weighted by Gasteiger charge is -2.26. The minimum atomic E-state index is -3.85. The molecule has 0 saturated carbocycles. The first-order chi connectivity index (χ1) is 14.9. The number of carboxylic acid groups (broad SMARTS) is 1. The molecule has 1 aromatic carbocycles. The summed E-state index contributed by atoms with van der Waals surface area (Å²) in [6.45, 7) is 5.42. The number of rotatable bonds is 8. The van der Waals surface area contributed by atoms with Crippen LogP contribution >= 0.6 is 0 Å². The number of carboxylic acids is 1. The Kier molecular flexibility index (Phi) is 8.31. The van der Waals surface area contributed by atoms with Gasteiger partial charge in [-0.15, -0.1) is 0 Å². The van der Waals surface area contributed by atoms with Crippen LogP contribution in [0.4, 0.5) is 4.79 Å². The van der Waals surface area contributed by atoms with Crippen LogP contribution in [0.3, 0.4) is 0 Å². The van der Waals surface area contributed by atoms with Gasteiger partial charge in [0.05, 0.1) is 12.0 Å². The van der Waals surface area contributed by atoms with Crippen LogP contribution in [-0.2, 0) is 19.6 Å². The van der Waals surface area contributed by atoms with Crippen LogP contribution in [0.2, 0.25) is 0 Å². The number of amides is 1. The predicted octanol–water partition coefficient (Wildman–Crippen LogP) is 1.45. The van der Waals surface area contributed by atoms with E-state index in [1.165, 1.54) is 31.4 Å². The summed E-state index contributed by atoms with van der Waals surface area (Å²) in [5.41, 5.74) is -0.746. The Balaban J connectivity index is 1.93. The lowest BCUT2D eigenvalue weighted by molar-refractivity contribution is -0.139. The summed E-state index contributed by atoms with van der Waals surface area (Å²) in [6, 6.07) is 4.56. The van der Waals surface area contributed by atoms with Gasteiger partial charge in [-0.2, -0.15) is 0 Å². The van der Waals surface area contributed by atoms with E-state index in [1.54, 1.807) is 20.8 Å². The number of hydrogen-bond acceptors (Lipinski definition) is 8. The van der Waals surface area contributed by atoms with E-state index in [2.05, 4.69) is 20.3 Å². The van der Waals surface area contributed by atoms with Gasteiger partial charge in [-0.25, -0.2) is 22.7 Å². The van der Waals surface area contributed by atoms with Crippen molar-refractivity contribution in [3.63, 3.8) is 0 Å². The maximum atomic E-state index is 12.6. The number of methoxy groups -OCH3 is 1. The van der Waals surface area contributed by atoms with E-state index in [9.17, 15) is 23.1 Å². The van der Waals surface area contributed by atoms with Crippen molar-refractivity contribution in [1.82, 2.24) is 15.4 Å². The molecule has 1 amide bonds. The maximum Gasteiger partial charge on any atom is 0.408 e. The van der Waals surface area contributed by atoms with Crippen LogP contribution in [0.15, 0.2) is 34.2 Å². The molecule has 2 rings (SSSR count). The summed E-state index contributed by atoms with van der Waals surface area (Å²) in [5.74, 6) is -0.560. The van der Waals surface area contributed by atoms with Gasteiger partial charge in [0.1, 0.15) is 17.4 Å². The third-order valence-electron chi connectivity index (χ3n) is 4.48. The highest BCUT2D eigenvalue weighted by Crippen LogP contribution is 2.16. The molecular weight excluding hydrogens is 440 g/mol. The third-order valence-corrected chi connectivity index (χ3v) is 5.84. The van der Waals surface area contributed by atoms with Crippen molar-refractivity contribution >= 4 is 28.0 Å². The zero-order valence-corrected chi connectivity index (χ0v) is 19.4. The quantitative estimate of drug-likeness (QED) is 0.445. The largest absolute Gasteiger partial charge is 0.497 e. The van der Waals surface area contributed by atoms with Gasteiger partial charge in [-0.05, 0) is 64.3 Å². The number of guanidine groups is 1. The van der Waals surface area contributed by atoms with E-state index >= 15 is 0 Å². The van der Waals surface area contributed by atoms with E-state index in [0.29, 0.717) is 25.1 Å². The molecule has 0 saturated heterocycles. The number of carbonyl (C=O) groups is 2. The Morgan fingerprint density at radius 2 is 1.94 bits per heavy atom. The Bertz CT molecular complexity index is 940. The third kappa shape index (κ3) is 7.91. The highest BCUT2D eigenvalue weighted by Gasteiger charge is 2.26. The van der Waals surface area contributed by atoms with Crippen LogP contribution in [-0.4, -0.2) is 62.9 Å². The summed E-state index contributed by atoms with van der Waals surface area (Å²) in [6.07, 6.45) is 0.281. The van der Waals surface area contributed by atoms with Gasteiger partial charge in [0.25, 0.3) is 10.0 Å². The van der Waals surface area contributed by atoms with Gasteiger partial charge < -0.3 is 25.2 Å². The van der Waals surface area contributed by atoms with E-state index in [1.807, 2.05) is 0 Å². The normalized spacial score (nSPS) is 17.4. The fraction of sp³-hybridized carbons (Fsp3) is 0.550. The molecule has 12 heteroatoms. The Morgan fingerprint density at radius 3 is 2.50 bits per heavy atom. The first kappa shape index (κ1) is 25.2. The Hall–Kier alpha value is -3.02. The highest BCUT2D eigenvalue weighted by molar-refractivity contribution is 7.90. The molecule has 0 spiro atoms. The number of hydrogen-bond donors (Lipinski definition) is 4. The van der Waals surface area contributed by atoms with Crippen molar-refractivity contribution in [2.24, 2.45) is 4.99 Å². The molecule has 1 heterocycles. The van der Waals surface area contributed by atoms with Gasteiger partial charge in [0.15, 0.2) is 0 Å². The summed E-state index contributed by atoms with van der Waals surface area (Å²) >= 11 is 0. The number of nitrogens with zero attached hydrogens (tertiary/aromatic N) is 1. The first-order valence-corrected chi connectivity index (χ1v) is 11.6. The molecule has 0 bridgehead atoms. The average molecular weight is 471 g/mol. The van der Waals surface area contributed by atoms with Crippen molar-refractivity contribution < 1.29 is 32.6 Å². The van der Waals surface area contributed by atoms with Crippen molar-refractivity contribution in [3.05, 3.63) is 24.3 Å². The molecule has 0 aliphatic carbocycles. The molecule has 2 atom stereocenters. The molecule has 0 aromatic heterocycles. The van der Waals surface area contributed by atoms with Gasteiger partial charge in [-0.3, -0.25) is 4.99 Å². The highest BCUT2D eigenvalue weighted by atomic mass is 32.2. The van der Waals surface area contributed by atoms with Gasteiger partial charge >= 0.3 is 12.1 Å². The Morgan fingerprint density at radius 1 is 1.28 bits per heavy atom. The molecule has 0 fully saturated rings. The lowest BCUT2D eigenvalue weighted by Crippen LogP contribution is -2.49. The topological polar surface area (TPSA) is 155 Å². The van der Waals surface area contributed by atoms with Crippen molar-refractivity contribution in [2.75, 3.05) is 13.7 Å². The van der Waals surface area contributed by atoms with Crippen molar-refractivity contribution in [2.45, 2.75) is 62.6 Å². The minimum Gasteiger partial charge on any atom is -0.497 e. The summed E-state index contributed by atoms with van der Waals surface area (Å²) in [5, 5.41) is 14.7. The molecule has 11 nitrogen and oxygen atoms in total. The van der Waals surface area contributed by atoms with Crippen molar-refractivity contribution in [3.8, 4) is 5.75 Å². The fourth-order valence-electron chi connectivity index (χ4n) is 2.94. The molecular formula is C20H30N4O7S. The van der Waals surface area contributed by atoms with E-state index in [-0.39, 0.29) is 23.3 Å². The number of nitrogens with one attached hydrogen (secondary N) is 3. The van der Waals surface area contributed by atoms with Crippen LogP contribution in [0.25, 0.3) is 0 Å². The molecule has 1 aliphatic heterocycles. The summed E-state index contributed by atoms with van der Waals surface area (Å²) < 4.78 is 37.7. The maximum absolute atomic E-state index is 12.6. The fourth-order valence-corrected chi connectivity index (χ4v) is 3.93. The van der Waals surface area contributed by atoms with Gasteiger partial charge in [0.2, 0.25) is 5.96 Å². The Labute approximate surface area is 187 Å². The molecule has 1 unspecified atom stereocenters. The second kappa shape index (κ2) is 10.5. The number of carbonyl (C=O) groups excluding carboxylic acids is 1.